The number of nitrogens with zero attached hydrogens (tertiary/aromatic N) is 1. The highest BCUT2D eigenvalue weighted by molar-refractivity contribution is 5.95. The summed E-state index contributed by atoms with van der Waals surface area (Å²) in [7, 11) is 2.98. The van der Waals surface area contributed by atoms with Crippen molar-refractivity contribution in [3.05, 3.63) is 53.8 Å². The van der Waals surface area contributed by atoms with Crippen LogP contribution in [-0.2, 0) is 14.3 Å². The number of rotatable bonds is 7. The van der Waals surface area contributed by atoms with Crippen LogP contribution in [-0.4, -0.2) is 56.6 Å². The molecule has 1 N–H and O–H groups in total. The average molecular weight is 444 g/mol. The van der Waals surface area contributed by atoms with Gasteiger partial charge in [0.2, 0.25) is 0 Å². The predicted octanol–water partition coefficient (Wildman–Crippen LogP) is 2.88. The Labute approximate surface area is 185 Å². The lowest BCUT2D eigenvalue weighted by Crippen LogP contribution is -2.43. The Morgan fingerprint density at radius 2 is 1.84 bits per heavy atom. The molecule has 1 aliphatic heterocycles. The van der Waals surface area contributed by atoms with Crippen molar-refractivity contribution >= 4 is 23.5 Å². The number of methoxy groups -OCH3 is 2. The Hall–Kier alpha value is -3.62. The summed E-state index contributed by atoms with van der Waals surface area (Å²) in [6.07, 6.45) is 1.18. The van der Waals surface area contributed by atoms with Crippen LogP contribution in [0.4, 0.5) is 10.1 Å². The van der Waals surface area contributed by atoms with Gasteiger partial charge in [0.05, 0.1) is 25.8 Å². The van der Waals surface area contributed by atoms with Crippen molar-refractivity contribution in [1.82, 2.24) is 4.90 Å². The van der Waals surface area contributed by atoms with Crippen molar-refractivity contribution in [3.8, 4) is 11.5 Å². The topological polar surface area (TPSA) is 94.2 Å². The zero-order valence-electron chi connectivity index (χ0n) is 17.9. The summed E-state index contributed by atoms with van der Waals surface area (Å²) in [5.74, 6) is -1.31. The fourth-order valence-corrected chi connectivity index (χ4v) is 3.47. The Morgan fingerprint density at radius 3 is 2.53 bits per heavy atom. The zero-order chi connectivity index (χ0) is 23.1. The van der Waals surface area contributed by atoms with Crippen molar-refractivity contribution in [1.29, 1.82) is 0 Å². The third-order valence-electron chi connectivity index (χ3n) is 5.16. The van der Waals surface area contributed by atoms with Gasteiger partial charge < -0.3 is 24.4 Å². The normalized spacial score (nSPS) is 15.6. The van der Waals surface area contributed by atoms with Crippen molar-refractivity contribution in [2.75, 3.05) is 39.2 Å². The zero-order valence-corrected chi connectivity index (χ0v) is 17.9. The van der Waals surface area contributed by atoms with E-state index in [0.717, 1.165) is 0 Å². The number of amides is 2. The molecule has 0 bridgehead atoms. The highest BCUT2D eigenvalue weighted by atomic mass is 19.1. The van der Waals surface area contributed by atoms with Gasteiger partial charge in [0, 0.05) is 24.7 Å². The summed E-state index contributed by atoms with van der Waals surface area (Å²) in [6, 6.07) is 10.2. The summed E-state index contributed by atoms with van der Waals surface area (Å²) in [6.45, 7) is 0.219. The largest absolute Gasteiger partial charge is 0.497 e. The van der Waals surface area contributed by atoms with Gasteiger partial charge in [-0.15, -0.1) is 0 Å². The van der Waals surface area contributed by atoms with Gasteiger partial charge in [-0.1, -0.05) is 0 Å². The summed E-state index contributed by atoms with van der Waals surface area (Å²) in [4.78, 5) is 38.9. The minimum absolute atomic E-state index is 0.183. The summed E-state index contributed by atoms with van der Waals surface area (Å²) >= 11 is 0. The maximum absolute atomic E-state index is 13.1. The van der Waals surface area contributed by atoms with Crippen molar-refractivity contribution in [3.63, 3.8) is 0 Å². The molecule has 8 nitrogen and oxygen atoms in total. The van der Waals surface area contributed by atoms with Gasteiger partial charge >= 0.3 is 5.97 Å². The second-order valence-electron chi connectivity index (χ2n) is 7.32. The number of anilines is 1. The van der Waals surface area contributed by atoms with Gasteiger partial charge in [-0.25, -0.2) is 4.39 Å². The van der Waals surface area contributed by atoms with Crippen molar-refractivity contribution < 1.29 is 33.0 Å². The van der Waals surface area contributed by atoms with Gasteiger partial charge in [-0.2, -0.15) is 0 Å². The van der Waals surface area contributed by atoms with Crippen molar-refractivity contribution in [2.24, 2.45) is 5.92 Å². The molecular formula is C23H25FN2O6. The maximum Gasteiger partial charge on any atom is 0.311 e. The number of carbonyl (C=O) groups is 3. The van der Waals surface area contributed by atoms with Crippen LogP contribution < -0.4 is 14.8 Å². The van der Waals surface area contributed by atoms with Crippen LogP contribution in [0.25, 0.3) is 0 Å². The third-order valence-corrected chi connectivity index (χ3v) is 5.16. The molecule has 170 valence electrons. The molecule has 0 saturated carbocycles. The van der Waals surface area contributed by atoms with Gasteiger partial charge in [-0.3, -0.25) is 14.4 Å². The van der Waals surface area contributed by atoms with Crippen molar-refractivity contribution in [2.45, 2.75) is 12.8 Å². The van der Waals surface area contributed by atoms with E-state index in [1.165, 1.54) is 38.5 Å². The van der Waals surface area contributed by atoms with E-state index in [1.54, 1.807) is 23.1 Å². The molecule has 32 heavy (non-hydrogen) atoms. The van der Waals surface area contributed by atoms with Gasteiger partial charge in [0.15, 0.2) is 6.61 Å². The molecule has 1 aliphatic rings. The molecule has 9 heteroatoms. The number of halogens is 1. The smallest absolute Gasteiger partial charge is 0.311 e. The molecule has 1 unspecified atom stereocenters. The number of hydrogen-bond donors (Lipinski definition) is 1. The van der Waals surface area contributed by atoms with E-state index in [9.17, 15) is 18.8 Å². The first-order chi connectivity index (χ1) is 15.4. The first-order valence-corrected chi connectivity index (χ1v) is 10.1. The highest BCUT2D eigenvalue weighted by Gasteiger charge is 2.30. The Morgan fingerprint density at radius 1 is 1.09 bits per heavy atom. The molecule has 2 aromatic carbocycles. The average Bonchev–Trinajstić information content (AvgIpc) is 2.82. The van der Waals surface area contributed by atoms with E-state index < -0.39 is 30.2 Å². The predicted molar refractivity (Wildman–Crippen MR) is 114 cm³/mol. The molecule has 1 heterocycles. The molecule has 0 spiro atoms. The molecule has 1 saturated heterocycles. The lowest BCUT2D eigenvalue weighted by Gasteiger charge is -2.31. The fraction of sp³-hybridized carbons (Fsp3) is 0.348. The Balaban J connectivity index is 1.52. The lowest BCUT2D eigenvalue weighted by molar-refractivity contribution is -0.152. The first kappa shape index (κ1) is 23.1. The highest BCUT2D eigenvalue weighted by Crippen LogP contribution is 2.29. The molecule has 2 amide bonds. The number of ether oxygens (including phenoxy) is 3. The van der Waals surface area contributed by atoms with Crippen LogP contribution in [0.15, 0.2) is 42.5 Å². The van der Waals surface area contributed by atoms with Gasteiger partial charge in [0.1, 0.15) is 17.3 Å². The molecule has 2 aromatic rings. The van der Waals surface area contributed by atoms with Crippen LogP contribution in [0.3, 0.4) is 0 Å². The van der Waals surface area contributed by atoms with E-state index in [0.29, 0.717) is 42.1 Å². The summed E-state index contributed by atoms with van der Waals surface area (Å²) in [5.41, 5.74) is 0.774. The SMILES string of the molecule is COc1ccc(NC(=O)COC(=O)C2CCCN(C(=O)c3ccc(F)cc3)C2)c(OC)c1. The Kier molecular flexibility index (Phi) is 7.64. The number of likely N-dealkylation sites (tertiary alicyclic amines) is 1. The number of carbonyl (C=O) groups excluding carboxylic acids is 3. The van der Waals surface area contributed by atoms with Gasteiger partial charge in [-0.05, 0) is 49.2 Å². The molecular weight excluding hydrogens is 419 g/mol. The molecule has 1 atom stereocenters. The third kappa shape index (κ3) is 5.75. The second kappa shape index (κ2) is 10.6. The minimum Gasteiger partial charge on any atom is -0.497 e. The first-order valence-electron chi connectivity index (χ1n) is 10.1. The monoisotopic (exact) mass is 444 g/mol. The van der Waals surface area contributed by atoms with Crippen LogP contribution in [0.5, 0.6) is 11.5 Å². The van der Waals surface area contributed by atoms with E-state index >= 15 is 0 Å². The van der Waals surface area contributed by atoms with Crippen LogP contribution in [0.2, 0.25) is 0 Å². The molecule has 0 aliphatic carbocycles. The number of nitrogens with one attached hydrogen (secondary N) is 1. The number of benzene rings is 2. The van der Waals surface area contributed by atoms with Crippen LogP contribution in [0.1, 0.15) is 23.2 Å². The van der Waals surface area contributed by atoms with Gasteiger partial charge in [0.25, 0.3) is 11.8 Å². The van der Waals surface area contributed by atoms with E-state index in [2.05, 4.69) is 5.32 Å². The number of esters is 1. The lowest BCUT2D eigenvalue weighted by atomic mass is 9.97. The molecule has 3 rings (SSSR count). The van der Waals surface area contributed by atoms with Crippen LogP contribution >= 0.6 is 0 Å². The van der Waals surface area contributed by atoms with E-state index in [4.69, 9.17) is 14.2 Å². The maximum atomic E-state index is 13.1. The van der Waals surface area contributed by atoms with E-state index in [-0.39, 0.29) is 12.5 Å². The van der Waals surface area contributed by atoms with Crippen LogP contribution in [0, 0.1) is 11.7 Å². The second-order valence-corrected chi connectivity index (χ2v) is 7.32. The fourth-order valence-electron chi connectivity index (χ4n) is 3.47. The molecule has 1 fully saturated rings. The number of hydrogen-bond acceptors (Lipinski definition) is 6. The van der Waals surface area contributed by atoms with E-state index in [1.807, 2.05) is 0 Å². The standard InChI is InChI=1S/C23H25FN2O6/c1-30-18-9-10-19(20(12-18)31-2)25-21(27)14-32-23(29)16-4-3-11-26(13-16)22(28)15-5-7-17(24)8-6-15/h5-10,12,16H,3-4,11,13-14H2,1-2H3,(H,25,27). The molecule has 0 radical (unpaired) electrons. The summed E-state index contributed by atoms with van der Waals surface area (Å²) in [5, 5.41) is 2.63. The number of piperidine rings is 1. The minimum atomic E-state index is -0.543. The Bertz CT molecular complexity index is 979. The quantitative estimate of drug-likeness (QED) is 0.660. The summed E-state index contributed by atoms with van der Waals surface area (Å²) < 4.78 is 28.6. The molecule has 0 aromatic heterocycles.